The van der Waals surface area contributed by atoms with E-state index in [1.807, 2.05) is 170 Å². The van der Waals surface area contributed by atoms with Crippen LogP contribution in [0.1, 0.15) is 72.1 Å². The number of benzene rings is 8. The average Bonchev–Trinajstić information content (AvgIpc) is 0.772. The highest BCUT2D eigenvalue weighted by Crippen LogP contribution is 2.39. The molecule has 4 aliphatic heterocycles. The second kappa shape index (κ2) is 45.1. The Labute approximate surface area is 769 Å². The maximum Gasteiger partial charge on any atom is 0.310 e. The lowest BCUT2D eigenvalue weighted by Crippen LogP contribution is -2.58. The van der Waals surface area contributed by atoms with E-state index < -0.39 is 52.6 Å². The van der Waals surface area contributed by atoms with Crippen LogP contribution in [0.25, 0.3) is 88.4 Å². The van der Waals surface area contributed by atoms with Gasteiger partial charge in [-0.3, -0.25) is 57.5 Å². The van der Waals surface area contributed by atoms with E-state index in [2.05, 4.69) is 4.74 Å². The van der Waals surface area contributed by atoms with Crippen LogP contribution in [0.3, 0.4) is 0 Å². The lowest BCUT2D eigenvalue weighted by Gasteiger charge is -2.37. The fourth-order valence-corrected chi connectivity index (χ4v) is 15.9. The van der Waals surface area contributed by atoms with Gasteiger partial charge in [0.1, 0.15) is 58.0 Å². The minimum absolute atomic E-state index is 0.0225. The van der Waals surface area contributed by atoms with Gasteiger partial charge in [0.05, 0.1) is 151 Å². The third-order valence-corrected chi connectivity index (χ3v) is 23.3. The molecule has 0 aliphatic carbocycles. The molecule has 4 fully saturated rings. The number of carboxylic acids is 1. The molecule has 694 valence electrons. The zero-order valence-corrected chi connectivity index (χ0v) is 75.1. The number of carbonyl (C=O) groups is 8. The molecular formula is C101H105ClN4O27+4. The number of carbonyl (C=O) groups excluding carboxylic acids is 7. The minimum atomic E-state index is -1.06. The van der Waals surface area contributed by atoms with Crippen LogP contribution in [0.5, 0.6) is 0 Å². The van der Waals surface area contributed by atoms with Crippen molar-refractivity contribution < 1.29 is 109 Å². The third-order valence-electron chi connectivity index (χ3n) is 23.2. The van der Waals surface area contributed by atoms with Gasteiger partial charge in [0.15, 0.2) is 44.0 Å². The van der Waals surface area contributed by atoms with E-state index in [9.17, 15) is 57.5 Å². The first kappa shape index (κ1) is 97.1. The topological polar surface area (TPSA) is 370 Å². The highest BCUT2D eigenvalue weighted by atomic mass is 35.5. The first-order valence-corrected chi connectivity index (χ1v) is 44.1. The molecule has 16 rings (SSSR count). The zero-order chi connectivity index (χ0) is 94.1. The standard InChI is InChI=1S/C28H32NO7.C25H26NO7.C24H23ClNO6.C24H23NO7/c1-28(2,3)36-26(32)13-12-25(31)34-19-29(14-16-33-17-15-29)24-18-23(30)22-11-7-10-21(27(22)35-24)20-8-5-4-6-9-20;1-30-23(28)10-11-24(29)32-17-26(12-14-31-15-13-26)22-16-21(27)20-9-5-8-19(25(20)33-22)18-6-3-2-4-7-18;25-21(28)9-10-23(29)31-16-26(11-13-30-14-12-26)22-15-20(27)19-8-4-7-18(24(19)32-22)17-5-2-1-3-6-17;26-20-15-21(25(11-13-30-14-12-25)16-31-23(29)10-9-22(27)28)32-24-18(7-4-8-19(20)24)17-5-2-1-3-6-17/h4-11,18H,12-17,19H2,1-3H3;2-9,16H,10-15,17H2,1H3;2*1-8,15H,9-14,16H2/q3*+1;/p+1. The van der Waals surface area contributed by atoms with Crippen molar-refractivity contribution >= 4 is 126 Å². The number of quaternary nitrogens is 4. The normalized spacial score (nSPS) is 15.3. The summed E-state index contributed by atoms with van der Waals surface area (Å²) in [6, 6.07) is 66.6. The van der Waals surface area contributed by atoms with Crippen molar-refractivity contribution in [3.8, 4) is 44.5 Å². The Morgan fingerprint density at radius 1 is 0.316 bits per heavy atom. The van der Waals surface area contributed by atoms with Crippen LogP contribution >= 0.6 is 11.6 Å². The van der Waals surface area contributed by atoms with Crippen LogP contribution in [-0.2, 0) is 85.7 Å². The van der Waals surface area contributed by atoms with Gasteiger partial charge in [-0.1, -0.05) is 170 Å². The molecule has 133 heavy (non-hydrogen) atoms. The largest absolute Gasteiger partial charge is 0.481 e. The molecule has 0 spiro atoms. The van der Waals surface area contributed by atoms with Crippen molar-refractivity contribution in [1.29, 1.82) is 0 Å². The number of morpholine rings is 4. The van der Waals surface area contributed by atoms with E-state index in [1.165, 1.54) is 31.4 Å². The number of para-hydroxylation sites is 4. The number of carboxylic acid groups (broad SMARTS) is 1. The lowest BCUT2D eigenvalue weighted by molar-refractivity contribution is -0.160. The number of halogens is 1. The van der Waals surface area contributed by atoms with Gasteiger partial charge in [-0.05, 0) is 78.9 Å². The van der Waals surface area contributed by atoms with Crippen molar-refractivity contribution in [2.45, 2.75) is 77.7 Å². The number of fused-ring (bicyclic) bond motifs is 4. The summed E-state index contributed by atoms with van der Waals surface area (Å²) >= 11 is 5.32. The van der Waals surface area contributed by atoms with Gasteiger partial charge in [0.25, 0.3) is 0 Å². The predicted molar refractivity (Wildman–Crippen MR) is 498 cm³/mol. The molecule has 32 heteroatoms. The molecule has 1 N–H and O–H groups in total. The van der Waals surface area contributed by atoms with Crippen LogP contribution in [0.2, 0.25) is 0 Å². The van der Waals surface area contributed by atoms with Gasteiger partial charge in [-0.25, -0.2) is 17.9 Å². The molecule has 8 aromatic carbocycles. The zero-order valence-electron chi connectivity index (χ0n) is 74.3. The van der Waals surface area contributed by atoms with Crippen molar-refractivity contribution in [3.63, 3.8) is 0 Å². The van der Waals surface area contributed by atoms with Gasteiger partial charge in [-0.15, -0.1) is 0 Å². The molecule has 0 bridgehead atoms. The molecule has 4 saturated heterocycles. The molecule has 12 aromatic rings. The van der Waals surface area contributed by atoms with Crippen LogP contribution in [0.15, 0.2) is 255 Å². The maximum absolute atomic E-state index is 13.1. The smallest absolute Gasteiger partial charge is 0.310 e. The Hall–Kier alpha value is -13.5. The molecule has 31 nitrogen and oxygen atoms in total. The number of hydrogen-bond acceptors (Lipinski definition) is 26. The van der Waals surface area contributed by atoms with Gasteiger partial charge < -0.3 is 70.1 Å². The highest BCUT2D eigenvalue weighted by molar-refractivity contribution is 6.63. The summed E-state index contributed by atoms with van der Waals surface area (Å²) in [4.78, 5) is 146. The monoisotopic (exact) mass is 1840 g/mol. The predicted octanol–water partition coefficient (Wildman–Crippen LogP) is 14.7. The van der Waals surface area contributed by atoms with Crippen molar-refractivity contribution in [3.05, 3.63) is 259 Å². The second-order valence-corrected chi connectivity index (χ2v) is 33.7. The fourth-order valence-electron chi connectivity index (χ4n) is 15.8. The van der Waals surface area contributed by atoms with Crippen LogP contribution in [0, 0.1) is 0 Å². The molecular weight excluding hydrogens is 1740 g/mol. The van der Waals surface area contributed by atoms with E-state index in [1.54, 1.807) is 45.0 Å². The van der Waals surface area contributed by atoms with Gasteiger partial charge >= 0.3 is 65.3 Å². The number of ether oxygens (including phenoxy) is 10. The SMILES string of the molecule is CC(C)(C)OC(=O)CCC(=O)OC[N+]1(c2cc(=O)c3cccc(-c4ccccc4)c3o2)CCOCC1.COC(=O)CCC(=O)OC[N+]1(c2cc(=O)c3cccc(-c4ccccc4)c3o2)CCOCC1.O=C(Cl)CCC(=O)OC[N+]1(c2cc(=O)c3cccc(-c4ccccc4)c3o2)CCOCC1.O=C(O)CCC(=O)OC[N+]1(c2cc(=O)c3cccc(-c4ccccc4)c3o2)CCOCC1. The highest BCUT2D eigenvalue weighted by Gasteiger charge is 2.43. The third kappa shape index (κ3) is 25.0. The second-order valence-electron chi connectivity index (χ2n) is 33.3. The number of rotatable bonds is 28. The Bertz CT molecular complexity index is 6200. The number of methoxy groups -OCH3 is 1. The number of nitrogens with zero attached hydrogens (tertiary/aromatic N) is 4. The van der Waals surface area contributed by atoms with E-state index >= 15 is 0 Å². The molecule has 0 radical (unpaired) electrons. The van der Waals surface area contributed by atoms with Crippen molar-refractivity contribution in [1.82, 2.24) is 17.9 Å². The summed E-state index contributed by atoms with van der Waals surface area (Å²) in [6.07, 6.45) is -0.990. The molecule has 0 atom stereocenters. The van der Waals surface area contributed by atoms with Crippen molar-refractivity contribution in [2.24, 2.45) is 0 Å². The Balaban J connectivity index is 0.000000151. The summed E-state index contributed by atoms with van der Waals surface area (Å²) in [5.41, 5.74) is 7.63. The van der Waals surface area contributed by atoms with E-state index in [-0.39, 0.29) is 118 Å². The summed E-state index contributed by atoms with van der Waals surface area (Å²) in [5, 5.41) is 10.1. The lowest BCUT2D eigenvalue weighted by atomic mass is 10.0. The van der Waals surface area contributed by atoms with Crippen LogP contribution in [-0.4, -0.2) is 197 Å². The number of hydrogen-bond donors (Lipinski definition) is 1. The van der Waals surface area contributed by atoms with E-state index in [4.69, 9.17) is 77.0 Å². The molecule has 4 aliphatic rings. The minimum Gasteiger partial charge on any atom is -0.481 e. The van der Waals surface area contributed by atoms with Gasteiger partial charge in [0.2, 0.25) is 32.2 Å². The molecule has 0 amide bonds. The summed E-state index contributed by atoms with van der Waals surface area (Å²) in [5.74, 6) is -2.53. The number of esters is 6. The van der Waals surface area contributed by atoms with E-state index in [0.29, 0.717) is 173 Å². The average molecular weight is 1840 g/mol. The summed E-state index contributed by atoms with van der Waals surface area (Å²) < 4.78 is 79.8. The fraction of sp³-hybridized carbons (Fsp3) is 0.327. The van der Waals surface area contributed by atoms with Gasteiger partial charge in [-0.2, -0.15) is 0 Å². The first-order chi connectivity index (χ1) is 64.2. The van der Waals surface area contributed by atoms with Gasteiger partial charge in [0, 0.05) is 28.7 Å². The molecule has 8 heterocycles. The molecule has 0 unspecified atom stereocenters. The Morgan fingerprint density at radius 2 is 0.549 bits per heavy atom. The Kier molecular flexibility index (Phi) is 32.9. The quantitative estimate of drug-likeness (QED) is 0.0206. The van der Waals surface area contributed by atoms with Crippen molar-refractivity contribution in [2.75, 3.05) is 139 Å². The maximum atomic E-state index is 13.1. The first-order valence-electron chi connectivity index (χ1n) is 43.7. The van der Waals surface area contributed by atoms with E-state index in [0.717, 1.165) is 44.5 Å². The number of aliphatic carboxylic acids is 1. The molecule has 0 saturated carbocycles. The summed E-state index contributed by atoms with van der Waals surface area (Å²) in [6.45, 7) is 12.3. The summed E-state index contributed by atoms with van der Waals surface area (Å²) in [7, 11) is 1.27. The Morgan fingerprint density at radius 3 is 0.782 bits per heavy atom. The molecule has 4 aromatic heterocycles. The van der Waals surface area contributed by atoms with Crippen LogP contribution < -0.4 is 39.6 Å². The van der Waals surface area contributed by atoms with Crippen LogP contribution in [0.4, 0.5) is 23.5 Å².